The van der Waals surface area contributed by atoms with Crippen LogP contribution in [0.3, 0.4) is 0 Å². The fourth-order valence-electron chi connectivity index (χ4n) is 0. The van der Waals surface area contributed by atoms with Gasteiger partial charge in [0.1, 0.15) is 0 Å². The van der Waals surface area contributed by atoms with Gasteiger partial charge in [-0.1, -0.05) is 0 Å². The summed E-state index contributed by atoms with van der Waals surface area (Å²) < 4.78 is 67.7. The summed E-state index contributed by atoms with van der Waals surface area (Å²) >= 11 is -7.00. The molecule has 0 saturated heterocycles. The van der Waals surface area contributed by atoms with E-state index in [1.807, 2.05) is 0 Å². The van der Waals surface area contributed by atoms with Crippen LogP contribution in [-0.4, -0.2) is 134 Å². The van der Waals surface area contributed by atoms with E-state index in [9.17, 15) is 0 Å². The monoisotopic (exact) mass is 398 g/mol. The molecule has 0 amide bonds. The van der Waals surface area contributed by atoms with Crippen LogP contribution in [0.25, 0.3) is 0 Å². The Labute approximate surface area is 162 Å². The van der Waals surface area contributed by atoms with Gasteiger partial charge in [-0.3, -0.25) is 0 Å². The van der Waals surface area contributed by atoms with Crippen molar-refractivity contribution >= 4 is 134 Å². The Hall–Kier alpha value is 2.87. The van der Waals surface area contributed by atoms with Crippen LogP contribution in [0.2, 0.25) is 0 Å². The standard InChI is InChI=1S/4Al.Ba.Mg.8O/q;;;;2*+2;;;;;4*-1. The van der Waals surface area contributed by atoms with Crippen molar-refractivity contribution in [3.8, 4) is 0 Å². The van der Waals surface area contributed by atoms with Crippen molar-refractivity contribution < 1.29 is 31.8 Å². The Bertz CT molecular complexity index is 75.3. The Morgan fingerprint density at radius 2 is 0.571 bits per heavy atom. The van der Waals surface area contributed by atoms with Crippen molar-refractivity contribution in [2.75, 3.05) is 0 Å². The normalized spacial score (nSPS) is 2.29. The van der Waals surface area contributed by atoms with Gasteiger partial charge in [0.25, 0.3) is 0 Å². The van der Waals surface area contributed by atoms with Crippen molar-refractivity contribution in [2.45, 2.75) is 0 Å². The van der Waals surface area contributed by atoms with Gasteiger partial charge in [0, 0.05) is 0 Å². The van der Waals surface area contributed by atoms with E-state index in [0.29, 0.717) is 0 Å². The van der Waals surface area contributed by atoms with E-state index >= 15 is 0 Å². The average Bonchev–Trinajstić information content (AvgIpc) is 1.92. The molecule has 0 radical (unpaired) electrons. The van der Waals surface area contributed by atoms with Crippen LogP contribution in [0, 0.1) is 0 Å². The van der Waals surface area contributed by atoms with E-state index in [4.69, 9.17) is 31.8 Å². The van der Waals surface area contributed by atoms with Gasteiger partial charge in [0.05, 0.1) is 0 Å². The van der Waals surface area contributed by atoms with E-state index in [2.05, 4.69) is 0 Å². The molecule has 0 aromatic heterocycles. The summed E-state index contributed by atoms with van der Waals surface area (Å²) in [6.07, 6.45) is 0. The van der Waals surface area contributed by atoms with E-state index < -0.39 is 61.9 Å². The molecule has 64 valence electrons. The molecule has 0 aromatic rings. The summed E-state index contributed by atoms with van der Waals surface area (Å²) in [5.41, 5.74) is 0. The zero-order chi connectivity index (χ0) is 10.8. The van der Waals surface area contributed by atoms with Crippen molar-refractivity contribution in [1.82, 2.24) is 0 Å². The zero-order valence-corrected chi connectivity index (χ0v) is 17.5. The Balaban J connectivity index is -0.0000000145. The molecule has 0 aromatic carbocycles. The molecule has 0 bridgehead atoms. The second-order valence-electron chi connectivity index (χ2n) is 0.385. The first-order valence-electron chi connectivity index (χ1n) is 1.89. The second-order valence-corrected chi connectivity index (χ2v) is 1.15. The molecule has 14 heavy (non-hydrogen) atoms. The first-order chi connectivity index (χ1) is 5.66. The van der Waals surface area contributed by atoms with Crippen molar-refractivity contribution in [3.05, 3.63) is 0 Å². The fourth-order valence-corrected chi connectivity index (χ4v) is 0. The molecule has 0 N–H and O–H groups in total. The summed E-state index contributed by atoms with van der Waals surface area (Å²) in [5.74, 6) is 0. The van der Waals surface area contributed by atoms with Crippen LogP contribution in [0.1, 0.15) is 0 Å². The van der Waals surface area contributed by atoms with Crippen molar-refractivity contribution in [2.24, 2.45) is 0 Å². The van der Waals surface area contributed by atoms with Gasteiger partial charge in [-0.25, -0.2) is 0 Å². The van der Waals surface area contributed by atoms with E-state index in [1.165, 1.54) is 0 Å². The predicted octanol–water partition coefficient (Wildman–Crippen LogP) is -7.52. The average molecular weight is 398 g/mol. The minimum absolute atomic E-state index is 0. The van der Waals surface area contributed by atoms with Gasteiger partial charge in [0.15, 0.2) is 0 Å². The number of hydrogen-bond donors (Lipinski definition) is 0. The number of hydrogen-bond acceptors (Lipinski definition) is 8. The predicted molar refractivity (Wildman–Crippen MR) is 37.3 cm³/mol. The van der Waals surface area contributed by atoms with Crippen molar-refractivity contribution in [1.29, 1.82) is 0 Å². The summed E-state index contributed by atoms with van der Waals surface area (Å²) in [5, 5.41) is 0. The molecular weight excluding hydrogens is 398 g/mol. The molecular formula is Al4BaMgO8. The third-order valence-corrected chi connectivity index (χ3v) is 0. The molecule has 0 saturated carbocycles. The molecule has 0 aliphatic heterocycles. The molecule has 0 aliphatic carbocycles. The van der Waals surface area contributed by atoms with Crippen LogP contribution in [0.5, 0.6) is 0 Å². The van der Waals surface area contributed by atoms with Gasteiger partial charge in [-0.05, 0) is 0 Å². The van der Waals surface area contributed by atoms with Crippen LogP contribution >= 0.6 is 0 Å². The van der Waals surface area contributed by atoms with E-state index in [1.54, 1.807) is 0 Å². The van der Waals surface area contributed by atoms with Crippen LogP contribution in [0.15, 0.2) is 0 Å². The van der Waals surface area contributed by atoms with E-state index in [0.717, 1.165) is 0 Å². The zero-order valence-electron chi connectivity index (χ0n) is 6.99. The van der Waals surface area contributed by atoms with Gasteiger partial charge < -0.3 is 0 Å². The van der Waals surface area contributed by atoms with Gasteiger partial charge >= 0.3 is 166 Å². The third kappa shape index (κ3) is 348. The topological polar surface area (TPSA) is 161 Å². The molecule has 0 spiro atoms. The molecule has 0 rings (SSSR count). The van der Waals surface area contributed by atoms with E-state index in [-0.39, 0.29) is 71.9 Å². The molecule has 0 fully saturated rings. The molecule has 14 heteroatoms. The summed E-state index contributed by atoms with van der Waals surface area (Å²) in [6.45, 7) is 0. The summed E-state index contributed by atoms with van der Waals surface area (Å²) in [6, 6.07) is 0. The van der Waals surface area contributed by atoms with Crippen molar-refractivity contribution in [3.63, 3.8) is 0 Å². The molecule has 0 aliphatic rings. The molecule has 8 nitrogen and oxygen atoms in total. The van der Waals surface area contributed by atoms with Gasteiger partial charge in [-0.15, -0.1) is 0 Å². The Kier molecular flexibility index (Phi) is 191. The molecule has 0 atom stereocenters. The van der Waals surface area contributed by atoms with Crippen LogP contribution < -0.4 is 16.6 Å². The molecule has 0 heterocycles. The van der Waals surface area contributed by atoms with Gasteiger partial charge in [-0.2, -0.15) is 0 Å². The maximum absolute atomic E-state index is 8.46. The van der Waals surface area contributed by atoms with Crippen LogP contribution in [0.4, 0.5) is 0 Å². The first-order valence-corrected chi connectivity index (χ1v) is 5.66. The van der Waals surface area contributed by atoms with Crippen LogP contribution in [-0.2, 0) is 15.2 Å². The van der Waals surface area contributed by atoms with Gasteiger partial charge in [0.2, 0.25) is 0 Å². The third-order valence-electron chi connectivity index (χ3n) is 0. The summed E-state index contributed by atoms with van der Waals surface area (Å²) in [4.78, 5) is 0. The number of rotatable bonds is 0. The SMILES string of the molecule is [Ba+2].[Mg+2].[O]=[Al][O-].[O]=[Al][O-].[O]=[Al][O-].[O]=[Al][O-]. The second kappa shape index (κ2) is 74.4. The Morgan fingerprint density at radius 1 is 0.571 bits per heavy atom. The maximum atomic E-state index is 8.46. The fraction of sp³-hybridized carbons (Fsp3) is 0. The summed E-state index contributed by atoms with van der Waals surface area (Å²) in [7, 11) is 0. The quantitative estimate of drug-likeness (QED) is 0.364. The first kappa shape index (κ1) is 36.0. The molecule has 0 unspecified atom stereocenters. The Morgan fingerprint density at radius 3 is 0.571 bits per heavy atom. The minimum atomic E-state index is -1.75.